The summed E-state index contributed by atoms with van der Waals surface area (Å²) < 4.78 is 7.36. The van der Waals surface area contributed by atoms with Crippen molar-refractivity contribution in [3.8, 4) is 5.88 Å². The first-order valence-corrected chi connectivity index (χ1v) is 9.84. The van der Waals surface area contributed by atoms with Crippen molar-refractivity contribution in [3.05, 3.63) is 83.8 Å². The van der Waals surface area contributed by atoms with E-state index in [1.54, 1.807) is 24.7 Å². The van der Waals surface area contributed by atoms with Crippen LogP contribution in [0.4, 0.5) is 0 Å². The van der Waals surface area contributed by atoms with Gasteiger partial charge in [-0.3, -0.25) is 4.79 Å². The Labute approximate surface area is 174 Å². The second-order valence-corrected chi connectivity index (χ2v) is 7.28. The smallest absolute Gasteiger partial charge is 0.253 e. The molecule has 0 saturated carbocycles. The quantitative estimate of drug-likeness (QED) is 0.512. The molecule has 3 heterocycles. The highest BCUT2D eigenvalue weighted by Crippen LogP contribution is 2.15. The standard InChI is InChI=1S/C23H23N5O2/c1-16(2)30-21-9-8-18(11-24-21)12-26-23(29)20-10-19-14-27-28(22(19)25-13-20)15-17-6-4-3-5-7-17/h3-11,13-14,16H,12,15H2,1-2H3,(H,26,29). The van der Waals surface area contributed by atoms with Crippen LogP contribution in [0.3, 0.4) is 0 Å². The molecule has 0 aliphatic carbocycles. The Morgan fingerprint density at radius 3 is 2.60 bits per heavy atom. The van der Waals surface area contributed by atoms with Gasteiger partial charge in [0.15, 0.2) is 5.65 Å². The van der Waals surface area contributed by atoms with Gasteiger partial charge in [-0.1, -0.05) is 36.4 Å². The molecule has 4 rings (SSSR count). The number of fused-ring (bicyclic) bond motifs is 1. The van der Waals surface area contributed by atoms with Gasteiger partial charge in [0.05, 0.1) is 24.4 Å². The molecule has 0 aliphatic heterocycles. The fraction of sp³-hybridized carbons (Fsp3) is 0.217. The van der Waals surface area contributed by atoms with Crippen LogP contribution in [0.5, 0.6) is 5.88 Å². The molecule has 0 spiro atoms. The third-order valence-corrected chi connectivity index (χ3v) is 4.52. The summed E-state index contributed by atoms with van der Waals surface area (Å²) in [5.74, 6) is 0.380. The van der Waals surface area contributed by atoms with Crippen molar-refractivity contribution in [1.82, 2.24) is 25.1 Å². The molecule has 1 N–H and O–H groups in total. The highest BCUT2D eigenvalue weighted by atomic mass is 16.5. The maximum atomic E-state index is 12.5. The topological polar surface area (TPSA) is 81.9 Å². The summed E-state index contributed by atoms with van der Waals surface area (Å²) in [5.41, 5.74) is 3.28. The number of aromatic nitrogens is 4. The molecular formula is C23H23N5O2. The molecule has 1 amide bonds. The minimum Gasteiger partial charge on any atom is -0.475 e. The van der Waals surface area contributed by atoms with Gasteiger partial charge in [0.1, 0.15) is 0 Å². The SMILES string of the molecule is CC(C)Oc1ccc(CNC(=O)c2cnc3c(cnn3Cc3ccccc3)c2)cn1. The van der Waals surface area contributed by atoms with Crippen LogP contribution in [-0.4, -0.2) is 31.8 Å². The second kappa shape index (κ2) is 8.73. The number of rotatable bonds is 7. The zero-order chi connectivity index (χ0) is 20.9. The molecule has 152 valence electrons. The molecule has 0 saturated heterocycles. The Balaban J connectivity index is 1.41. The minimum absolute atomic E-state index is 0.0718. The van der Waals surface area contributed by atoms with E-state index in [2.05, 4.69) is 20.4 Å². The molecule has 3 aromatic heterocycles. The van der Waals surface area contributed by atoms with Crippen molar-refractivity contribution in [1.29, 1.82) is 0 Å². The van der Waals surface area contributed by atoms with E-state index >= 15 is 0 Å². The van der Waals surface area contributed by atoms with Gasteiger partial charge < -0.3 is 10.1 Å². The van der Waals surface area contributed by atoms with Gasteiger partial charge in [0, 0.05) is 30.4 Å². The summed E-state index contributed by atoms with van der Waals surface area (Å²) in [6.45, 7) is 4.91. The Bertz CT molecular complexity index is 1140. The van der Waals surface area contributed by atoms with Crippen molar-refractivity contribution >= 4 is 16.9 Å². The molecule has 7 heteroatoms. The third-order valence-electron chi connectivity index (χ3n) is 4.52. The van der Waals surface area contributed by atoms with E-state index in [4.69, 9.17) is 4.74 Å². The lowest BCUT2D eigenvalue weighted by Crippen LogP contribution is -2.23. The van der Waals surface area contributed by atoms with Gasteiger partial charge in [0.2, 0.25) is 5.88 Å². The van der Waals surface area contributed by atoms with E-state index in [9.17, 15) is 4.79 Å². The average Bonchev–Trinajstić information content (AvgIpc) is 3.15. The van der Waals surface area contributed by atoms with Crippen LogP contribution in [0.25, 0.3) is 11.0 Å². The summed E-state index contributed by atoms with van der Waals surface area (Å²) in [6, 6.07) is 15.6. The number of amides is 1. The largest absolute Gasteiger partial charge is 0.475 e. The third kappa shape index (κ3) is 4.63. The van der Waals surface area contributed by atoms with Gasteiger partial charge in [0.25, 0.3) is 5.91 Å². The van der Waals surface area contributed by atoms with Gasteiger partial charge in [-0.05, 0) is 31.0 Å². The molecule has 1 aromatic carbocycles. The van der Waals surface area contributed by atoms with Gasteiger partial charge in [-0.25, -0.2) is 14.6 Å². The fourth-order valence-corrected chi connectivity index (χ4v) is 3.08. The average molecular weight is 401 g/mol. The molecule has 0 fully saturated rings. The molecule has 0 unspecified atom stereocenters. The first-order valence-electron chi connectivity index (χ1n) is 9.84. The summed E-state index contributed by atoms with van der Waals surface area (Å²) in [4.78, 5) is 21.3. The number of carbonyl (C=O) groups is 1. The maximum Gasteiger partial charge on any atom is 0.253 e. The van der Waals surface area contributed by atoms with Gasteiger partial charge in [-0.2, -0.15) is 5.10 Å². The first-order chi connectivity index (χ1) is 14.6. The highest BCUT2D eigenvalue weighted by molar-refractivity contribution is 5.96. The molecule has 0 bridgehead atoms. The number of hydrogen-bond donors (Lipinski definition) is 1. The number of nitrogens with zero attached hydrogens (tertiary/aromatic N) is 4. The number of hydrogen-bond acceptors (Lipinski definition) is 5. The van der Waals surface area contributed by atoms with Gasteiger partial charge >= 0.3 is 0 Å². The lowest BCUT2D eigenvalue weighted by molar-refractivity contribution is 0.0950. The van der Waals surface area contributed by atoms with E-state index in [1.165, 1.54) is 0 Å². The van der Waals surface area contributed by atoms with Crippen LogP contribution >= 0.6 is 0 Å². The molecule has 0 atom stereocenters. The predicted octanol–water partition coefficient (Wildman–Crippen LogP) is 3.59. The minimum atomic E-state index is -0.192. The molecule has 0 radical (unpaired) electrons. The van der Waals surface area contributed by atoms with Crippen LogP contribution in [0, 0.1) is 0 Å². The van der Waals surface area contributed by atoms with Crippen LogP contribution in [0.15, 0.2) is 67.1 Å². The van der Waals surface area contributed by atoms with Crippen LogP contribution in [-0.2, 0) is 13.1 Å². The summed E-state index contributed by atoms with van der Waals surface area (Å²) in [5, 5.41) is 8.14. The summed E-state index contributed by atoms with van der Waals surface area (Å²) in [7, 11) is 0. The predicted molar refractivity (Wildman–Crippen MR) is 114 cm³/mol. The van der Waals surface area contributed by atoms with E-state index in [0.717, 1.165) is 22.2 Å². The fourth-order valence-electron chi connectivity index (χ4n) is 3.08. The van der Waals surface area contributed by atoms with E-state index in [0.29, 0.717) is 24.5 Å². The number of benzene rings is 1. The van der Waals surface area contributed by atoms with Crippen LogP contribution in [0.2, 0.25) is 0 Å². The number of ether oxygens (including phenoxy) is 1. The lowest BCUT2D eigenvalue weighted by atomic mass is 10.2. The number of pyridine rings is 2. The van der Waals surface area contributed by atoms with Crippen LogP contribution < -0.4 is 10.1 Å². The molecule has 0 aliphatic rings. The zero-order valence-corrected chi connectivity index (χ0v) is 16.9. The van der Waals surface area contributed by atoms with Crippen molar-refractivity contribution in [3.63, 3.8) is 0 Å². The van der Waals surface area contributed by atoms with Crippen molar-refractivity contribution < 1.29 is 9.53 Å². The number of carbonyl (C=O) groups excluding carboxylic acids is 1. The van der Waals surface area contributed by atoms with Crippen LogP contribution in [0.1, 0.15) is 35.3 Å². The Morgan fingerprint density at radius 2 is 1.87 bits per heavy atom. The van der Waals surface area contributed by atoms with E-state index in [1.807, 2.05) is 61.0 Å². The summed E-state index contributed by atoms with van der Waals surface area (Å²) in [6.07, 6.45) is 5.09. The Kier molecular flexibility index (Phi) is 5.70. The van der Waals surface area contributed by atoms with E-state index in [-0.39, 0.29) is 12.0 Å². The lowest BCUT2D eigenvalue weighted by Gasteiger charge is -2.09. The van der Waals surface area contributed by atoms with Crippen molar-refractivity contribution in [2.75, 3.05) is 0 Å². The zero-order valence-electron chi connectivity index (χ0n) is 16.9. The monoisotopic (exact) mass is 401 g/mol. The highest BCUT2D eigenvalue weighted by Gasteiger charge is 2.11. The van der Waals surface area contributed by atoms with E-state index < -0.39 is 0 Å². The Morgan fingerprint density at radius 1 is 1.03 bits per heavy atom. The van der Waals surface area contributed by atoms with Crippen molar-refractivity contribution in [2.24, 2.45) is 0 Å². The van der Waals surface area contributed by atoms with Gasteiger partial charge in [-0.15, -0.1) is 0 Å². The van der Waals surface area contributed by atoms with Crippen molar-refractivity contribution in [2.45, 2.75) is 33.0 Å². The normalized spacial score (nSPS) is 11.0. The Hall–Kier alpha value is -3.74. The molecule has 30 heavy (non-hydrogen) atoms. The molecule has 4 aromatic rings. The first kappa shape index (κ1) is 19.6. The number of nitrogens with one attached hydrogen (secondary N) is 1. The summed E-state index contributed by atoms with van der Waals surface area (Å²) >= 11 is 0. The molecular weight excluding hydrogens is 378 g/mol. The molecule has 7 nitrogen and oxygen atoms in total. The second-order valence-electron chi connectivity index (χ2n) is 7.28. The maximum absolute atomic E-state index is 12.5.